The number of tetrazole rings is 1. The maximum absolute atomic E-state index is 13.0. The van der Waals surface area contributed by atoms with E-state index in [0.717, 1.165) is 10.7 Å². The summed E-state index contributed by atoms with van der Waals surface area (Å²) < 4.78 is 35.9. The number of benzene rings is 1. The van der Waals surface area contributed by atoms with E-state index in [0.29, 0.717) is 0 Å². The lowest BCUT2D eigenvalue weighted by atomic mass is 10.3. The first kappa shape index (κ1) is 13.1. The Balaban J connectivity index is 2.18. The Kier molecular flexibility index (Phi) is 3.51. The predicted molar refractivity (Wildman–Crippen MR) is 61.2 cm³/mol. The molecule has 8 nitrogen and oxygen atoms in total. The van der Waals surface area contributed by atoms with Crippen molar-refractivity contribution < 1.29 is 17.1 Å². The van der Waals surface area contributed by atoms with Gasteiger partial charge in [-0.3, -0.25) is 4.79 Å². The zero-order valence-corrected chi connectivity index (χ0v) is 10.2. The van der Waals surface area contributed by atoms with Crippen molar-refractivity contribution in [3.8, 4) is 0 Å². The molecule has 0 aliphatic rings. The van der Waals surface area contributed by atoms with Crippen molar-refractivity contribution in [2.45, 2.75) is 11.4 Å². The van der Waals surface area contributed by atoms with Gasteiger partial charge in [0.05, 0.1) is 5.69 Å². The molecule has 1 aromatic heterocycles. The highest BCUT2D eigenvalue weighted by Gasteiger charge is 2.18. The normalized spacial score (nSPS) is 11.2. The number of amides is 1. The first-order chi connectivity index (χ1) is 8.97. The second-order valence-electron chi connectivity index (χ2n) is 3.49. The second-order valence-corrected chi connectivity index (χ2v) is 4.81. The van der Waals surface area contributed by atoms with Crippen molar-refractivity contribution in [2.24, 2.45) is 0 Å². The van der Waals surface area contributed by atoms with Gasteiger partial charge in [0, 0.05) is 0 Å². The third-order valence-electron chi connectivity index (χ3n) is 2.12. The quantitative estimate of drug-likeness (QED) is 0.790. The molecule has 0 saturated carbocycles. The number of anilines is 1. The van der Waals surface area contributed by atoms with E-state index in [-0.39, 0.29) is 12.2 Å². The van der Waals surface area contributed by atoms with Crippen LogP contribution in [0.3, 0.4) is 0 Å². The highest BCUT2D eigenvalue weighted by Crippen LogP contribution is 2.22. The Morgan fingerprint density at radius 3 is 2.74 bits per heavy atom. The maximum atomic E-state index is 13.0. The summed E-state index contributed by atoms with van der Waals surface area (Å²) in [5, 5.41) is 12.4. The van der Waals surface area contributed by atoms with Crippen molar-refractivity contribution in [3.05, 3.63) is 30.6 Å². The van der Waals surface area contributed by atoms with Crippen LogP contribution >= 0.6 is 0 Å². The number of hydrogen-bond acceptors (Lipinski definition) is 6. The highest BCUT2D eigenvalue weighted by molar-refractivity contribution is 7.86. The minimum absolute atomic E-state index is 0.136. The van der Waals surface area contributed by atoms with Crippen molar-refractivity contribution in [1.82, 2.24) is 20.2 Å². The van der Waals surface area contributed by atoms with Gasteiger partial charge in [-0.05, 0) is 22.6 Å². The first-order valence-electron chi connectivity index (χ1n) is 5.01. The van der Waals surface area contributed by atoms with Crippen LogP contribution in [0.1, 0.15) is 0 Å². The van der Waals surface area contributed by atoms with Crippen molar-refractivity contribution in [2.75, 3.05) is 5.32 Å². The van der Waals surface area contributed by atoms with Crippen LogP contribution in [0.25, 0.3) is 0 Å². The molecule has 0 spiro atoms. The largest absolute Gasteiger partial charge is 0.334 e. The van der Waals surface area contributed by atoms with Gasteiger partial charge in [0.25, 0.3) is 0 Å². The fourth-order valence-electron chi connectivity index (χ4n) is 1.37. The summed E-state index contributed by atoms with van der Waals surface area (Å²) in [5.41, 5.74) is -0.136. The lowest BCUT2D eigenvalue weighted by Gasteiger charge is -2.07. The van der Waals surface area contributed by atoms with E-state index in [2.05, 4.69) is 20.8 Å². The molecule has 0 saturated heterocycles. The van der Waals surface area contributed by atoms with Crippen LogP contribution in [-0.4, -0.2) is 34.5 Å². The van der Waals surface area contributed by atoms with Crippen LogP contribution in [0, 0.1) is 0 Å². The van der Waals surface area contributed by atoms with Gasteiger partial charge >= 0.3 is 10.2 Å². The molecule has 0 aliphatic carbocycles. The number of nitrogens with zero attached hydrogens (tertiary/aromatic N) is 4. The number of aromatic nitrogens is 4. The summed E-state index contributed by atoms with van der Waals surface area (Å²) in [5.74, 6) is -0.580. The molecule has 0 fully saturated rings. The van der Waals surface area contributed by atoms with Gasteiger partial charge in [0.2, 0.25) is 5.91 Å². The Labute approximate surface area is 107 Å². The van der Waals surface area contributed by atoms with Crippen LogP contribution in [0.5, 0.6) is 0 Å². The SMILES string of the molecule is O=C(Cn1cnnn1)Nc1ccccc1S(=O)(=O)F. The maximum Gasteiger partial charge on any atom is 0.334 e. The third kappa shape index (κ3) is 3.31. The van der Waals surface area contributed by atoms with E-state index >= 15 is 0 Å². The molecule has 1 heterocycles. The first-order valence-corrected chi connectivity index (χ1v) is 6.39. The number of carbonyl (C=O) groups is 1. The van der Waals surface area contributed by atoms with E-state index in [1.54, 1.807) is 0 Å². The Bertz CT molecular complexity index is 686. The van der Waals surface area contributed by atoms with E-state index in [1.165, 1.54) is 24.5 Å². The third-order valence-corrected chi connectivity index (χ3v) is 3.00. The lowest BCUT2D eigenvalue weighted by Crippen LogP contribution is -2.20. The van der Waals surface area contributed by atoms with Crippen LogP contribution < -0.4 is 5.32 Å². The fraction of sp³-hybridized carbons (Fsp3) is 0.111. The van der Waals surface area contributed by atoms with E-state index in [1.807, 2.05) is 0 Å². The summed E-state index contributed by atoms with van der Waals surface area (Å²) >= 11 is 0. The number of rotatable bonds is 4. The molecule has 100 valence electrons. The Morgan fingerprint density at radius 1 is 1.37 bits per heavy atom. The molecule has 0 atom stereocenters. The number of halogens is 1. The lowest BCUT2D eigenvalue weighted by molar-refractivity contribution is -0.116. The monoisotopic (exact) mass is 285 g/mol. The molecule has 0 unspecified atom stereocenters. The van der Waals surface area contributed by atoms with E-state index in [4.69, 9.17) is 0 Å². The standard InChI is InChI=1S/C9H8FN5O3S/c10-19(17,18)8-4-2-1-3-7(8)12-9(16)5-15-6-11-13-14-15/h1-4,6H,5H2,(H,12,16). The molecule has 1 aromatic carbocycles. The molecule has 19 heavy (non-hydrogen) atoms. The molecule has 2 rings (SSSR count). The number of nitrogens with one attached hydrogen (secondary N) is 1. The number of hydrogen-bond donors (Lipinski definition) is 1. The molecule has 1 N–H and O–H groups in total. The summed E-state index contributed by atoms with van der Waals surface area (Å²) in [7, 11) is -4.90. The van der Waals surface area contributed by atoms with Crippen molar-refractivity contribution >= 4 is 21.8 Å². The molecule has 1 amide bonds. The Hall–Kier alpha value is -2.36. The topological polar surface area (TPSA) is 107 Å². The molecular weight excluding hydrogens is 277 g/mol. The van der Waals surface area contributed by atoms with Crippen LogP contribution in [-0.2, 0) is 21.6 Å². The number of carbonyl (C=O) groups excluding carboxylic acids is 1. The van der Waals surface area contributed by atoms with Gasteiger partial charge in [0.15, 0.2) is 0 Å². The smallest absolute Gasteiger partial charge is 0.323 e. The fourth-order valence-corrected chi connectivity index (χ4v) is 1.99. The van der Waals surface area contributed by atoms with Gasteiger partial charge in [-0.15, -0.1) is 8.98 Å². The molecule has 10 heteroatoms. The summed E-state index contributed by atoms with van der Waals surface area (Å²) in [4.78, 5) is 11.0. The van der Waals surface area contributed by atoms with Gasteiger partial charge in [0.1, 0.15) is 17.8 Å². The summed E-state index contributed by atoms with van der Waals surface area (Å²) in [6.07, 6.45) is 1.22. The van der Waals surface area contributed by atoms with Crippen LogP contribution in [0.15, 0.2) is 35.5 Å². The highest BCUT2D eigenvalue weighted by atomic mass is 32.3. The van der Waals surface area contributed by atoms with Gasteiger partial charge < -0.3 is 5.32 Å². The van der Waals surface area contributed by atoms with Crippen molar-refractivity contribution in [1.29, 1.82) is 0 Å². The van der Waals surface area contributed by atoms with Gasteiger partial charge in [-0.1, -0.05) is 12.1 Å². The zero-order valence-electron chi connectivity index (χ0n) is 9.39. The molecule has 0 aliphatic heterocycles. The predicted octanol–water partition coefficient (Wildman–Crippen LogP) is -0.0300. The molecule has 0 bridgehead atoms. The zero-order chi connectivity index (χ0) is 13.9. The minimum Gasteiger partial charge on any atom is -0.323 e. The minimum atomic E-state index is -4.90. The number of para-hydroxylation sites is 1. The average Bonchev–Trinajstić information content (AvgIpc) is 2.81. The van der Waals surface area contributed by atoms with Gasteiger partial charge in [-0.25, -0.2) is 4.68 Å². The summed E-state index contributed by atoms with van der Waals surface area (Å²) in [6, 6.07) is 5.16. The van der Waals surface area contributed by atoms with E-state index in [9.17, 15) is 17.1 Å². The van der Waals surface area contributed by atoms with Crippen LogP contribution in [0.2, 0.25) is 0 Å². The molecule has 0 radical (unpaired) electrons. The Morgan fingerprint density at radius 2 is 2.11 bits per heavy atom. The second kappa shape index (κ2) is 5.10. The molecule has 2 aromatic rings. The molecular formula is C9H8FN5O3S. The van der Waals surface area contributed by atoms with Crippen molar-refractivity contribution in [3.63, 3.8) is 0 Å². The van der Waals surface area contributed by atoms with E-state index < -0.39 is 21.0 Å². The van der Waals surface area contributed by atoms with Crippen LogP contribution in [0.4, 0.5) is 9.57 Å². The average molecular weight is 285 g/mol. The summed E-state index contributed by atoms with van der Waals surface area (Å²) in [6.45, 7) is -0.215. The van der Waals surface area contributed by atoms with Gasteiger partial charge in [-0.2, -0.15) is 8.42 Å².